The van der Waals surface area contributed by atoms with E-state index in [1.54, 1.807) is 0 Å². The number of rotatable bonds is 7. The summed E-state index contributed by atoms with van der Waals surface area (Å²) >= 11 is 0. The molecule has 1 unspecified atom stereocenters. The molecule has 0 saturated heterocycles. The van der Waals surface area contributed by atoms with Crippen LogP contribution in [0.25, 0.3) is 0 Å². The average Bonchev–Trinajstić information content (AvgIpc) is 2.19. The lowest BCUT2D eigenvalue weighted by Crippen LogP contribution is -2.39. The van der Waals surface area contributed by atoms with Crippen molar-refractivity contribution in [3.05, 3.63) is 0 Å². The summed E-state index contributed by atoms with van der Waals surface area (Å²) in [5, 5.41) is 0. The topological polar surface area (TPSA) is 18.5 Å². The molecule has 18 heavy (non-hydrogen) atoms. The van der Waals surface area contributed by atoms with E-state index in [9.17, 15) is 26.3 Å². The maximum absolute atomic E-state index is 12.0. The standard InChI is InChI=1S/C9H16F6O2Si/c1-16-18(2,7-5-9(13,14)15)17-6-3-4-8(10,11)12/h3-7H2,1-2H3. The van der Waals surface area contributed by atoms with Crippen LogP contribution < -0.4 is 0 Å². The first-order chi connectivity index (χ1) is 7.97. The Bertz CT molecular complexity index is 242. The minimum Gasteiger partial charge on any atom is -0.398 e. The Morgan fingerprint density at radius 2 is 1.44 bits per heavy atom. The zero-order chi connectivity index (χ0) is 14.4. The van der Waals surface area contributed by atoms with Gasteiger partial charge in [0.15, 0.2) is 0 Å². The van der Waals surface area contributed by atoms with E-state index in [4.69, 9.17) is 8.85 Å². The van der Waals surface area contributed by atoms with E-state index < -0.39 is 33.8 Å². The molecule has 0 heterocycles. The predicted octanol–water partition coefficient (Wildman–Crippen LogP) is 4.02. The van der Waals surface area contributed by atoms with Gasteiger partial charge in [-0.25, -0.2) is 0 Å². The molecule has 0 aromatic carbocycles. The largest absolute Gasteiger partial charge is 0.398 e. The summed E-state index contributed by atoms with van der Waals surface area (Å²) < 4.78 is 81.6. The van der Waals surface area contributed by atoms with E-state index in [2.05, 4.69) is 0 Å². The molecule has 0 aromatic heterocycles. The van der Waals surface area contributed by atoms with Crippen molar-refractivity contribution in [1.82, 2.24) is 0 Å². The summed E-state index contributed by atoms with van der Waals surface area (Å²) in [4.78, 5) is 0. The quantitative estimate of drug-likeness (QED) is 0.401. The fraction of sp³-hybridized carbons (Fsp3) is 1.00. The van der Waals surface area contributed by atoms with Crippen LogP contribution in [-0.4, -0.2) is 34.6 Å². The molecule has 2 nitrogen and oxygen atoms in total. The van der Waals surface area contributed by atoms with E-state index in [1.807, 2.05) is 0 Å². The fourth-order valence-corrected chi connectivity index (χ4v) is 2.94. The number of hydrogen-bond acceptors (Lipinski definition) is 2. The van der Waals surface area contributed by atoms with Crippen LogP contribution in [-0.2, 0) is 8.85 Å². The lowest BCUT2D eigenvalue weighted by atomic mass is 10.3. The molecule has 0 amide bonds. The Kier molecular flexibility index (Phi) is 6.65. The molecule has 0 aliphatic rings. The molecular formula is C9H16F6O2Si. The van der Waals surface area contributed by atoms with Crippen LogP contribution in [0.1, 0.15) is 19.3 Å². The Balaban J connectivity index is 4.01. The van der Waals surface area contributed by atoms with Gasteiger partial charge in [0.25, 0.3) is 0 Å². The Morgan fingerprint density at radius 1 is 0.944 bits per heavy atom. The van der Waals surface area contributed by atoms with Gasteiger partial charge in [0, 0.05) is 26.6 Å². The molecule has 0 aliphatic carbocycles. The maximum Gasteiger partial charge on any atom is 0.389 e. The highest BCUT2D eigenvalue weighted by Gasteiger charge is 2.37. The smallest absolute Gasteiger partial charge is 0.389 e. The van der Waals surface area contributed by atoms with Crippen molar-refractivity contribution in [3.8, 4) is 0 Å². The van der Waals surface area contributed by atoms with E-state index in [0.29, 0.717) is 0 Å². The van der Waals surface area contributed by atoms with Gasteiger partial charge in [-0.2, -0.15) is 26.3 Å². The Hall–Kier alpha value is -0.283. The molecule has 0 bridgehead atoms. The molecule has 0 fully saturated rings. The lowest BCUT2D eigenvalue weighted by molar-refractivity contribution is -0.137. The highest BCUT2D eigenvalue weighted by Crippen LogP contribution is 2.27. The van der Waals surface area contributed by atoms with Gasteiger partial charge in [-0.3, -0.25) is 0 Å². The van der Waals surface area contributed by atoms with Crippen molar-refractivity contribution < 1.29 is 35.2 Å². The molecule has 1 atom stereocenters. The summed E-state index contributed by atoms with van der Waals surface area (Å²) in [5.74, 6) is 0. The molecule has 0 N–H and O–H groups in total. The molecule has 0 spiro atoms. The second kappa shape index (κ2) is 6.76. The molecular weight excluding hydrogens is 282 g/mol. The van der Waals surface area contributed by atoms with Gasteiger partial charge in [-0.1, -0.05) is 0 Å². The van der Waals surface area contributed by atoms with Gasteiger partial charge in [0.2, 0.25) is 0 Å². The van der Waals surface area contributed by atoms with Crippen LogP contribution in [0.15, 0.2) is 0 Å². The van der Waals surface area contributed by atoms with Gasteiger partial charge in [-0.15, -0.1) is 0 Å². The first-order valence-electron chi connectivity index (χ1n) is 5.30. The van der Waals surface area contributed by atoms with Crippen LogP contribution in [0.4, 0.5) is 26.3 Å². The van der Waals surface area contributed by atoms with E-state index in [-0.39, 0.29) is 19.1 Å². The SMILES string of the molecule is CO[Si](C)(CCC(F)(F)F)OCCCC(F)(F)F. The summed E-state index contributed by atoms with van der Waals surface area (Å²) in [5.41, 5.74) is 0. The zero-order valence-corrected chi connectivity index (χ0v) is 11.1. The molecule has 0 rings (SSSR count). The van der Waals surface area contributed by atoms with E-state index in [1.165, 1.54) is 13.7 Å². The van der Waals surface area contributed by atoms with Crippen molar-refractivity contribution in [2.75, 3.05) is 13.7 Å². The summed E-state index contributed by atoms with van der Waals surface area (Å²) in [6.07, 6.45) is -10.9. The van der Waals surface area contributed by atoms with Gasteiger partial charge < -0.3 is 8.85 Å². The predicted molar refractivity (Wildman–Crippen MR) is 55.3 cm³/mol. The second-order valence-corrected chi connectivity index (χ2v) is 7.48. The van der Waals surface area contributed by atoms with Crippen LogP contribution in [0.2, 0.25) is 12.6 Å². The minimum absolute atomic E-state index is 0.242. The summed E-state index contributed by atoms with van der Waals surface area (Å²) in [6.45, 7) is 1.17. The Morgan fingerprint density at radius 3 is 1.83 bits per heavy atom. The Labute approximate surface area is 103 Å². The van der Waals surface area contributed by atoms with Gasteiger partial charge in [0.05, 0.1) is 0 Å². The van der Waals surface area contributed by atoms with Gasteiger partial charge >= 0.3 is 20.9 Å². The van der Waals surface area contributed by atoms with Crippen LogP contribution in [0.3, 0.4) is 0 Å². The molecule has 0 radical (unpaired) electrons. The van der Waals surface area contributed by atoms with Gasteiger partial charge in [-0.05, 0) is 19.0 Å². The summed E-state index contributed by atoms with van der Waals surface area (Å²) in [6, 6.07) is -0.320. The lowest BCUT2D eigenvalue weighted by Gasteiger charge is -2.25. The number of halogens is 6. The third-order valence-corrected chi connectivity index (χ3v) is 5.14. The van der Waals surface area contributed by atoms with Crippen molar-refractivity contribution in [3.63, 3.8) is 0 Å². The van der Waals surface area contributed by atoms with Crippen LogP contribution in [0, 0.1) is 0 Å². The highest BCUT2D eigenvalue weighted by atomic mass is 28.4. The van der Waals surface area contributed by atoms with Crippen LogP contribution in [0.5, 0.6) is 0 Å². The molecule has 9 heteroatoms. The molecule has 0 aliphatic heterocycles. The maximum atomic E-state index is 12.0. The fourth-order valence-electron chi connectivity index (χ4n) is 1.16. The molecule has 110 valence electrons. The van der Waals surface area contributed by atoms with Crippen molar-refractivity contribution in [1.29, 1.82) is 0 Å². The summed E-state index contributed by atoms with van der Waals surface area (Å²) in [7, 11) is -1.80. The normalized spacial score (nSPS) is 16.7. The van der Waals surface area contributed by atoms with E-state index in [0.717, 1.165) is 0 Å². The minimum atomic E-state index is -4.32. The first-order valence-corrected chi connectivity index (χ1v) is 7.82. The molecule has 0 aromatic rings. The molecule has 0 saturated carbocycles. The van der Waals surface area contributed by atoms with Crippen molar-refractivity contribution in [2.45, 2.75) is 44.2 Å². The average molecular weight is 298 g/mol. The van der Waals surface area contributed by atoms with E-state index >= 15 is 0 Å². The third-order valence-electron chi connectivity index (χ3n) is 2.31. The van der Waals surface area contributed by atoms with Crippen LogP contribution >= 0.6 is 0 Å². The monoisotopic (exact) mass is 298 g/mol. The third kappa shape index (κ3) is 9.72. The van der Waals surface area contributed by atoms with Gasteiger partial charge in [0.1, 0.15) is 0 Å². The van der Waals surface area contributed by atoms with Crippen molar-refractivity contribution >= 4 is 8.56 Å². The number of alkyl halides is 6. The second-order valence-electron chi connectivity index (χ2n) is 4.02. The first kappa shape index (κ1) is 17.7. The highest BCUT2D eigenvalue weighted by molar-refractivity contribution is 6.65. The zero-order valence-electron chi connectivity index (χ0n) is 10.1. The number of hydrogen-bond donors (Lipinski definition) is 0. The van der Waals surface area contributed by atoms with Crippen molar-refractivity contribution in [2.24, 2.45) is 0 Å².